The Morgan fingerprint density at radius 1 is 1.56 bits per heavy atom. The summed E-state index contributed by atoms with van der Waals surface area (Å²) in [6, 6.07) is 2.62. The van der Waals surface area contributed by atoms with E-state index < -0.39 is 5.95 Å². The summed E-state index contributed by atoms with van der Waals surface area (Å²) in [5.74, 6) is -0.781. The van der Waals surface area contributed by atoms with Gasteiger partial charge in [-0.05, 0) is 36.8 Å². The van der Waals surface area contributed by atoms with Crippen LogP contribution in [0.25, 0.3) is 0 Å². The van der Waals surface area contributed by atoms with Crippen molar-refractivity contribution in [1.29, 1.82) is 0 Å². The monoisotopic (exact) mass is 252 g/mol. The molecular formula is C13H17FN2O2. The molecule has 18 heavy (non-hydrogen) atoms. The van der Waals surface area contributed by atoms with Crippen LogP contribution in [0, 0.1) is 11.4 Å². The van der Waals surface area contributed by atoms with E-state index in [9.17, 15) is 9.18 Å². The summed E-state index contributed by atoms with van der Waals surface area (Å²) < 4.78 is 17.7. The van der Waals surface area contributed by atoms with Gasteiger partial charge in [0, 0.05) is 26.5 Å². The molecule has 0 radical (unpaired) electrons. The van der Waals surface area contributed by atoms with Crippen molar-refractivity contribution in [2.45, 2.75) is 19.3 Å². The Balaban J connectivity index is 1.83. The van der Waals surface area contributed by atoms with Crippen molar-refractivity contribution < 1.29 is 13.9 Å². The number of aromatic nitrogens is 1. The molecule has 0 aliphatic heterocycles. The Kier molecular flexibility index (Phi) is 3.91. The van der Waals surface area contributed by atoms with Gasteiger partial charge in [-0.25, -0.2) is 4.98 Å². The lowest BCUT2D eigenvalue weighted by Crippen LogP contribution is -2.30. The number of hydrogen-bond acceptors (Lipinski definition) is 3. The summed E-state index contributed by atoms with van der Waals surface area (Å²) in [6.45, 7) is 1.36. The SMILES string of the molecule is COCCC1(CNC(=O)c2ccc(F)nc2)CC1. The van der Waals surface area contributed by atoms with Crippen molar-refractivity contribution in [2.75, 3.05) is 20.3 Å². The maximum Gasteiger partial charge on any atom is 0.252 e. The summed E-state index contributed by atoms with van der Waals surface area (Å²) in [5, 5.41) is 2.87. The van der Waals surface area contributed by atoms with Gasteiger partial charge in [-0.1, -0.05) is 0 Å². The lowest BCUT2D eigenvalue weighted by atomic mass is 10.0. The lowest BCUT2D eigenvalue weighted by Gasteiger charge is -2.15. The molecule has 0 bridgehead atoms. The predicted molar refractivity (Wildman–Crippen MR) is 64.7 cm³/mol. The molecule has 2 rings (SSSR count). The van der Waals surface area contributed by atoms with Crippen LogP contribution in [0.5, 0.6) is 0 Å². The number of carbonyl (C=O) groups excluding carboxylic acids is 1. The van der Waals surface area contributed by atoms with Gasteiger partial charge in [-0.2, -0.15) is 4.39 Å². The maximum atomic E-state index is 12.6. The van der Waals surface area contributed by atoms with Gasteiger partial charge in [-0.15, -0.1) is 0 Å². The number of amides is 1. The minimum Gasteiger partial charge on any atom is -0.385 e. The van der Waals surface area contributed by atoms with Gasteiger partial charge in [0.15, 0.2) is 0 Å². The quantitative estimate of drug-likeness (QED) is 0.785. The zero-order valence-electron chi connectivity index (χ0n) is 10.4. The lowest BCUT2D eigenvalue weighted by molar-refractivity contribution is 0.0937. The molecule has 0 aromatic carbocycles. The normalized spacial score (nSPS) is 16.3. The highest BCUT2D eigenvalue weighted by Gasteiger charge is 2.42. The Hall–Kier alpha value is -1.49. The molecule has 1 aromatic heterocycles. The van der Waals surface area contributed by atoms with Crippen LogP contribution in [0.15, 0.2) is 18.3 Å². The molecule has 98 valence electrons. The number of nitrogens with zero attached hydrogens (tertiary/aromatic N) is 1. The first kappa shape index (κ1) is 13.0. The van der Waals surface area contributed by atoms with E-state index in [1.54, 1.807) is 7.11 Å². The predicted octanol–water partition coefficient (Wildman–Crippen LogP) is 1.77. The number of ether oxygens (including phenoxy) is 1. The van der Waals surface area contributed by atoms with E-state index in [1.165, 1.54) is 18.3 Å². The molecule has 1 aromatic rings. The van der Waals surface area contributed by atoms with E-state index in [1.807, 2.05) is 0 Å². The average Bonchev–Trinajstić information content (AvgIpc) is 3.15. The molecule has 0 spiro atoms. The van der Waals surface area contributed by atoms with E-state index in [4.69, 9.17) is 4.74 Å². The third kappa shape index (κ3) is 3.26. The number of pyridine rings is 1. The first-order valence-corrected chi connectivity index (χ1v) is 6.04. The van der Waals surface area contributed by atoms with Crippen molar-refractivity contribution >= 4 is 5.91 Å². The highest BCUT2D eigenvalue weighted by molar-refractivity contribution is 5.93. The average molecular weight is 252 g/mol. The van der Waals surface area contributed by atoms with E-state index in [0.29, 0.717) is 18.7 Å². The second kappa shape index (κ2) is 5.44. The Bertz CT molecular complexity index is 416. The maximum absolute atomic E-state index is 12.6. The largest absolute Gasteiger partial charge is 0.385 e. The number of carbonyl (C=O) groups is 1. The van der Waals surface area contributed by atoms with Gasteiger partial charge in [-0.3, -0.25) is 4.79 Å². The van der Waals surface area contributed by atoms with Crippen LogP contribution in [0.4, 0.5) is 4.39 Å². The third-order valence-corrected chi connectivity index (χ3v) is 3.41. The first-order valence-electron chi connectivity index (χ1n) is 6.04. The molecule has 1 fully saturated rings. The minimum absolute atomic E-state index is 0.203. The summed E-state index contributed by atoms with van der Waals surface area (Å²) >= 11 is 0. The standard InChI is InChI=1S/C13H17FN2O2/c1-18-7-6-13(4-5-13)9-16-12(17)10-2-3-11(14)15-8-10/h2-3,8H,4-7,9H2,1H3,(H,16,17). The topological polar surface area (TPSA) is 51.2 Å². The number of methoxy groups -OCH3 is 1. The number of hydrogen-bond donors (Lipinski definition) is 1. The zero-order valence-corrected chi connectivity index (χ0v) is 10.4. The first-order chi connectivity index (χ1) is 8.65. The van der Waals surface area contributed by atoms with Crippen LogP contribution in [0.1, 0.15) is 29.6 Å². The molecule has 0 atom stereocenters. The molecule has 1 amide bonds. The Morgan fingerprint density at radius 3 is 2.89 bits per heavy atom. The van der Waals surface area contributed by atoms with E-state index >= 15 is 0 Å². The smallest absolute Gasteiger partial charge is 0.252 e. The summed E-state index contributed by atoms with van der Waals surface area (Å²) in [4.78, 5) is 15.3. The summed E-state index contributed by atoms with van der Waals surface area (Å²) in [5.41, 5.74) is 0.595. The van der Waals surface area contributed by atoms with Crippen molar-refractivity contribution in [3.05, 3.63) is 29.8 Å². The van der Waals surface area contributed by atoms with Crippen LogP contribution in [-0.4, -0.2) is 31.2 Å². The molecule has 1 heterocycles. The van der Waals surface area contributed by atoms with Gasteiger partial charge < -0.3 is 10.1 Å². The van der Waals surface area contributed by atoms with Gasteiger partial charge in [0.25, 0.3) is 5.91 Å². The van der Waals surface area contributed by atoms with Gasteiger partial charge in [0.05, 0.1) is 5.56 Å². The van der Waals surface area contributed by atoms with Crippen molar-refractivity contribution in [2.24, 2.45) is 5.41 Å². The highest BCUT2D eigenvalue weighted by Crippen LogP contribution is 2.48. The van der Waals surface area contributed by atoms with Crippen LogP contribution < -0.4 is 5.32 Å². The summed E-state index contributed by atoms with van der Waals surface area (Å²) in [7, 11) is 1.68. The van der Waals surface area contributed by atoms with Crippen molar-refractivity contribution in [1.82, 2.24) is 10.3 Å². The van der Waals surface area contributed by atoms with Crippen LogP contribution >= 0.6 is 0 Å². The molecule has 5 heteroatoms. The van der Waals surface area contributed by atoms with Gasteiger partial charge in [0.1, 0.15) is 0 Å². The molecular weight excluding hydrogens is 235 g/mol. The molecule has 1 aliphatic carbocycles. The van der Waals surface area contributed by atoms with E-state index in [0.717, 1.165) is 19.3 Å². The van der Waals surface area contributed by atoms with Crippen molar-refractivity contribution in [3.8, 4) is 0 Å². The van der Waals surface area contributed by atoms with Gasteiger partial charge >= 0.3 is 0 Å². The highest BCUT2D eigenvalue weighted by atomic mass is 19.1. The third-order valence-electron chi connectivity index (χ3n) is 3.41. The fourth-order valence-electron chi connectivity index (χ4n) is 1.89. The number of rotatable bonds is 6. The molecule has 0 unspecified atom stereocenters. The second-order valence-corrected chi connectivity index (χ2v) is 4.80. The van der Waals surface area contributed by atoms with Crippen molar-refractivity contribution in [3.63, 3.8) is 0 Å². The molecule has 1 aliphatic rings. The van der Waals surface area contributed by atoms with E-state index in [-0.39, 0.29) is 11.3 Å². The molecule has 4 nitrogen and oxygen atoms in total. The van der Waals surface area contributed by atoms with Crippen LogP contribution in [-0.2, 0) is 4.74 Å². The van der Waals surface area contributed by atoms with E-state index in [2.05, 4.69) is 10.3 Å². The molecule has 1 N–H and O–H groups in total. The van der Waals surface area contributed by atoms with Crippen LogP contribution in [0.3, 0.4) is 0 Å². The minimum atomic E-state index is -0.578. The van der Waals surface area contributed by atoms with Gasteiger partial charge in [0.2, 0.25) is 5.95 Å². The molecule has 0 saturated heterocycles. The van der Waals surface area contributed by atoms with Crippen LogP contribution in [0.2, 0.25) is 0 Å². The number of nitrogens with one attached hydrogen (secondary N) is 1. The molecule has 1 saturated carbocycles. The zero-order chi connectivity index (χ0) is 13.0. The summed E-state index contributed by atoms with van der Waals surface area (Å²) in [6.07, 6.45) is 4.46. The number of halogens is 1. The fourth-order valence-corrected chi connectivity index (χ4v) is 1.89. The second-order valence-electron chi connectivity index (χ2n) is 4.80. The fraction of sp³-hybridized carbons (Fsp3) is 0.538. The Morgan fingerprint density at radius 2 is 2.33 bits per heavy atom. The Labute approximate surface area is 106 Å².